The molecule has 0 aromatic heterocycles. The zero-order valence-electron chi connectivity index (χ0n) is 11.7. The third-order valence-electron chi connectivity index (χ3n) is 3.50. The molecule has 1 aliphatic heterocycles. The molecule has 0 radical (unpaired) electrons. The summed E-state index contributed by atoms with van der Waals surface area (Å²) in [6, 6.07) is 7.00. The molecule has 2 atom stereocenters. The highest BCUT2D eigenvalue weighted by Gasteiger charge is 2.30. The molecule has 20 heavy (non-hydrogen) atoms. The summed E-state index contributed by atoms with van der Waals surface area (Å²) < 4.78 is 5.86. The highest BCUT2D eigenvalue weighted by Crippen LogP contribution is 2.26. The molecule has 2 unspecified atom stereocenters. The molecule has 0 bridgehead atoms. The summed E-state index contributed by atoms with van der Waals surface area (Å²) >= 11 is 6.07. The van der Waals surface area contributed by atoms with Crippen LogP contribution < -0.4 is 10.5 Å². The molecule has 1 heterocycles. The SMILES string of the molecule is CCCC(N)C(=O)N1CCC(Oc2ccccc2Cl)C1. The molecule has 0 spiro atoms. The number of ether oxygens (including phenoxy) is 1. The van der Waals surface area contributed by atoms with Crippen LogP contribution in [0.4, 0.5) is 0 Å². The van der Waals surface area contributed by atoms with E-state index in [-0.39, 0.29) is 18.1 Å². The number of amides is 1. The minimum Gasteiger partial charge on any atom is -0.487 e. The second-order valence-corrected chi connectivity index (χ2v) is 5.55. The van der Waals surface area contributed by atoms with Gasteiger partial charge in [0.25, 0.3) is 0 Å². The van der Waals surface area contributed by atoms with Gasteiger partial charge in [-0.3, -0.25) is 4.79 Å². The van der Waals surface area contributed by atoms with Crippen LogP contribution >= 0.6 is 11.6 Å². The van der Waals surface area contributed by atoms with Crippen LogP contribution in [0.3, 0.4) is 0 Å². The van der Waals surface area contributed by atoms with Crippen molar-refractivity contribution in [1.82, 2.24) is 4.90 Å². The summed E-state index contributed by atoms with van der Waals surface area (Å²) in [5.41, 5.74) is 5.88. The largest absolute Gasteiger partial charge is 0.487 e. The topological polar surface area (TPSA) is 55.6 Å². The average molecular weight is 297 g/mol. The number of benzene rings is 1. The zero-order chi connectivity index (χ0) is 14.5. The van der Waals surface area contributed by atoms with E-state index >= 15 is 0 Å². The van der Waals surface area contributed by atoms with Gasteiger partial charge in [-0.25, -0.2) is 0 Å². The molecule has 1 aromatic rings. The first kappa shape index (κ1) is 15.1. The molecule has 5 heteroatoms. The number of nitrogens with zero attached hydrogens (tertiary/aromatic N) is 1. The molecule has 1 amide bonds. The number of nitrogens with two attached hydrogens (primary N) is 1. The highest BCUT2D eigenvalue weighted by molar-refractivity contribution is 6.32. The van der Waals surface area contributed by atoms with Crippen LogP contribution in [0.15, 0.2) is 24.3 Å². The molecular formula is C15H21ClN2O2. The fourth-order valence-electron chi connectivity index (χ4n) is 2.41. The van der Waals surface area contributed by atoms with Gasteiger partial charge in [0.15, 0.2) is 0 Å². The van der Waals surface area contributed by atoms with E-state index in [1.165, 1.54) is 0 Å². The van der Waals surface area contributed by atoms with Gasteiger partial charge in [0, 0.05) is 13.0 Å². The van der Waals surface area contributed by atoms with Crippen molar-refractivity contribution in [3.8, 4) is 5.75 Å². The van der Waals surface area contributed by atoms with Crippen molar-refractivity contribution in [2.75, 3.05) is 13.1 Å². The summed E-state index contributed by atoms with van der Waals surface area (Å²) in [5, 5.41) is 0.597. The van der Waals surface area contributed by atoms with Gasteiger partial charge in [-0.2, -0.15) is 0 Å². The van der Waals surface area contributed by atoms with Crippen molar-refractivity contribution in [2.45, 2.75) is 38.3 Å². The standard InChI is InChI=1S/C15H21ClN2O2/c1-2-5-13(17)15(19)18-9-8-11(10-18)20-14-7-4-3-6-12(14)16/h3-4,6-7,11,13H,2,5,8-10,17H2,1H3. The van der Waals surface area contributed by atoms with Gasteiger partial charge in [-0.05, 0) is 18.6 Å². The number of rotatable bonds is 5. The van der Waals surface area contributed by atoms with Crippen LogP contribution in [0.1, 0.15) is 26.2 Å². The van der Waals surface area contributed by atoms with Crippen molar-refractivity contribution in [3.63, 3.8) is 0 Å². The minimum atomic E-state index is -0.390. The van der Waals surface area contributed by atoms with E-state index in [2.05, 4.69) is 0 Å². The van der Waals surface area contributed by atoms with E-state index in [9.17, 15) is 4.79 Å². The highest BCUT2D eigenvalue weighted by atomic mass is 35.5. The Labute approximate surface area is 124 Å². The number of carbonyl (C=O) groups excluding carboxylic acids is 1. The van der Waals surface area contributed by atoms with Gasteiger partial charge in [-0.1, -0.05) is 37.1 Å². The molecule has 1 aliphatic rings. The lowest BCUT2D eigenvalue weighted by molar-refractivity contribution is -0.132. The van der Waals surface area contributed by atoms with E-state index < -0.39 is 0 Å². The van der Waals surface area contributed by atoms with Gasteiger partial charge < -0.3 is 15.4 Å². The Bertz CT molecular complexity index is 467. The Kier molecular flexibility index (Phi) is 5.26. The number of carbonyl (C=O) groups is 1. The van der Waals surface area contributed by atoms with Crippen LogP contribution in [-0.2, 0) is 4.79 Å². The second kappa shape index (κ2) is 6.95. The number of hydrogen-bond acceptors (Lipinski definition) is 3. The lowest BCUT2D eigenvalue weighted by Crippen LogP contribution is -2.43. The van der Waals surface area contributed by atoms with Crippen LogP contribution in [0.2, 0.25) is 5.02 Å². The van der Waals surface area contributed by atoms with Crippen molar-refractivity contribution >= 4 is 17.5 Å². The molecule has 2 N–H and O–H groups in total. The van der Waals surface area contributed by atoms with Crippen molar-refractivity contribution in [1.29, 1.82) is 0 Å². The Hall–Kier alpha value is -1.26. The smallest absolute Gasteiger partial charge is 0.239 e. The third-order valence-corrected chi connectivity index (χ3v) is 3.82. The number of likely N-dealkylation sites (tertiary alicyclic amines) is 1. The predicted molar refractivity (Wildman–Crippen MR) is 79.9 cm³/mol. The van der Waals surface area contributed by atoms with Gasteiger partial charge in [0.05, 0.1) is 17.6 Å². The van der Waals surface area contributed by atoms with E-state index in [0.29, 0.717) is 23.9 Å². The maximum atomic E-state index is 12.1. The van der Waals surface area contributed by atoms with E-state index in [1.807, 2.05) is 25.1 Å². The molecule has 0 saturated carbocycles. The molecule has 1 aromatic carbocycles. The Morgan fingerprint density at radius 1 is 1.55 bits per heavy atom. The Morgan fingerprint density at radius 2 is 2.30 bits per heavy atom. The maximum absolute atomic E-state index is 12.1. The Morgan fingerprint density at radius 3 is 3.00 bits per heavy atom. The van der Waals surface area contributed by atoms with Crippen LogP contribution in [-0.4, -0.2) is 36.0 Å². The molecular weight excluding hydrogens is 276 g/mol. The first-order valence-corrected chi connectivity index (χ1v) is 7.45. The van der Waals surface area contributed by atoms with Gasteiger partial charge in [-0.15, -0.1) is 0 Å². The third kappa shape index (κ3) is 3.64. The average Bonchev–Trinajstić information content (AvgIpc) is 2.89. The first-order valence-electron chi connectivity index (χ1n) is 7.07. The van der Waals surface area contributed by atoms with Crippen molar-refractivity contribution in [3.05, 3.63) is 29.3 Å². The fourth-order valence-corrected chi connectivity index (χ4v) is 2.59. The molecule has 2 rings (SSSR count). The summed E-state index contributed by atoms with van der Waals surface area (Å²) in [5.74, 6) is 0.698. The van der Waals surface area contributed by atoms with Crippen LogP contribution in [0, 0.1) is 0 Å². The predicted octanol–water partition coefficient (Wildman–Crippen LogP) is 2.45. The molecule has 1 saturated heterocycles. The Balaban J connectivity index is 1.89. The number of halogens is 1. The maximum Gasteiger partial charge on any atom is 0.239 e. The summed E-state index contributed by atoms with van der Waals surface area (Å²) in [4.78, 5) is 13.9. The fraction of sp³-hybridized carbons (Fsp3) is 0.533. The molecule has 110 valence electrons. The number of hydrogen-bond donors (Lipinski definition) is 1. The van der Waals surface area contributed by atoms with Crippen molar-refractivity contribution < 1.29 is 9.53 Å². The number of para-hydroxylation sites is 1. The summed E-state index contributed by atoms with van der Waals surface area (Å²) in [6.07, 6.45) is 2.45. The van der Waals surface area contributed by atoms with E-state index in [0.717, 1.165) is 19.3 Å². The lowest BCUT2D eigenvalue weighted by Gasteiger charge is -2.21. The van der Waals surface area contributed by atoms with E-state index in [4.69, 9.17) is 22.1 Å². The monoisotopic (exact) mass is 296 g/mol. The molecule has 1 fully saturated rings. The van der Waals surface area contributed by atoms with Gasteiger partial charge >= 0.3 is 0 Å². The second-order valence-electron chi connectivity index (χ2n) is 5.14. The lowest BCUT2D eigenvalue weighted by atomic mass is 10.1. The summed E-state index contributed by atoms with van der Waals surface area (Å²) in [7, 11) is 0. The minimum absolute atomic E-state index is 0.00678. The van der Waals surface area contributed by atoms with E-state index in [1.54, 1.807) is 11.0 Å². The molecule has 4 nitrogen and oxygen atoms in total. The van der Waals surface area contributed by atoms with Gasteiger partial charge in [0.1, 0.15) is 11.9 Å². The van der Waals surface area contributed by atoms with Crippen LogP contribution in [0.5, 0.6) is 5.75 Å². The van der Waals surface area contributed by atoms with Gasteiger partial charge in [0.2, 0.25) is 5.91 Å². The quantitative estimate of drug-likeness (QED) is 0.908. The van der Waals surface area contributed by atoms with Crippen molar-refractivity contribution in [2.24, 2.45) is 5.73 Å². The zero-order valence-corrected chi connectivity index (χ0v) is 12.5. The van der Waals surface area contributed by atoms with Crippen LogP contribution in [0.25, 0.3) is 0 Å². The molecule has 0 aliphatic carbocycles. The normalized spacial score (nSPS) is 19.9. The summed E-state index contributed by atoms with van der Waals surface area (Å²) in [6.45, 7) is 3.31. The first-order chi connectivity index (χ1) is 9.61.